The van der Waals surface area contributed by atoms with E-state index in [1.54, 1.807) is 12.1 Å². The minimum absolute atomic E-state index is 0.0608. The van der Waals surface area contributed by atoms with Crippen LogP contribution in [0.25, 0.3) is 0 Å². The van der Waals surface area contributed by atoms with Crippen LogP contribution in [0.1, 0.15) is 35.7 Å². The van der Waals surface area contributed by atoms with Crippen molar-refractivity contribution in [2.24, 2.45) is 0 Å². The number of hydrazine groups is 1. The molecule has 0 radical (unpaired) electrons. The van der Waals surface area contributed by atoms with Gasteiger partial charge in [0.1, 0.15) is 6.33 Å². The minimum atomic E-state index is -0.675. The normalized spacial score (nSPS) is 10.5. The van der Waals surface area contributed by atoms with E-state index in [0.717, 1.165) is 11.9 Å². The number of benzene rings is 2. The molecular weight excluding hydrogens is 418 g/mol. The van der Waals surface area contributed by atoms with Crippen molar-refractivity contribution in [1.29, 1.82) is 0 Å². The molecule has 1 heterocycles. The maximum Gasteiger partial charge on any atom is 0.355 e. The lowest BCUT2D eigenvalue weighted by Gasteiger charge is -2.12. The van der Waals surface area contributed by atoms with Gasteiger partial charge in [0.05, 0.1) is 9.85 Å². The summed E-state index contributed by atoms with van der Waals surface area (Å²) in [4.78, 5) is 41.2. The van der Waals surface area contributed by atoms with Gasteiger partial charge < -0.3 is 5.32 Å². The highest BCUT2D eigenvalue weighted by atomic mass is 16.6. The summed E-state index contributed by atoms with van der Waals surface area (Å²) in [6, 6.07) is 12.3. The lowest BCUT2D eigenvalue weighted by Crippen LogP contribution is -2.30. The smallest absolute Gasteiger partial charge is 0.334 e. The first kappa shape index (κ1) is 22.1. The molecule has 2 aromatic carbocycles. The van der Waals surface area contributed by atoms with Gasteiger partial charge in [0.2, 0.25) is 11.6 Å². The highest BCUT2D eigenvalue weighted by Crippen LogP contribution is 2.31. The third-order valence-electron chi connectivity index (χ3n) is 4.48. The molecule has 32 heavy (non-hydrogen) atoms. The maximum absolute atomic E-state index is 12.3. The summed E-state index contributed by atoms with van der Waals surface area (Å²) in [7, 11) is 0. The van der Waals surface area contributed by atoms with Gasteiger partial charge in [-0.15, -0.1) is 0 Å². The highest BCUT2D eigenvalue weighted by Gasteiger charge is 2.24. The number of carbonyl (C=O) groups excluding carboxylic acids is 1. The molecule has 12 heteroatoms. The molecule has 0 bridgehead atoms. The van der Waals surface area contributed by atoms with Crippen molar-refractivity contribution >= 4 is 34.6 Å². The highest BCUT2D eigenvalue weighted by molar-refractivity contribution is 5.95. The fourth-order valence-corrected chi connectivity index (χ4v) is 2.75. The Hall–Kier alpha value is -4.61. The summed E-state index contributed by atoms with van der Waals surface area (Å²) in [5, 5.41) is 25.3. The molecule has 164 valence electrons. The third kappa shape index (κ3) is 5.11. The molecule has 0 aliphatic carbocycles. The Morgan fingerprint density at radius 2 is 1.53 bits per heavy atom. The number of non-ortho nitro benzene ring substituents is 1. The molecule has 0 saturated carbocycles. The van der Waals surface area contributed by atoms with E-state index >= 15 is 0 Å². The summed E-state index contributed by atoms with van der Waals surface area (Å²) in [6.45, 7) is 4.11. The fourth-order valence-electron chi connectivity index (χ4n) is 2.75. The zero-order valence-corrected chi connectivity index (χ0v) is 17.1. The number of hydrogen-bond donors (Lipinski definition) is 3. The molecule has 12 nitrogen and oxygen atoms in total. The van der Waals surface area contributed by atoms with Gasteiger partial charge in [0.25, 0.3) is 11.6 Å². The molecule has 0 fully saturated rings. The molecule has 3 aromatic rings. The molecule has 0 spiro atoms. The number of nitrogens with one attached hydrogen (secondary N) is 3. The Labute approximate surface area is 182 Å². The molecule has 0 atom stereocenters. The standard InChI is InChI=1S/C20H19N7O5/c1-12(2)13-3-7-15(8-4-13)23-18-17(27(31)32)19(22-11-21-18)24-25-20(28)14-5-9-16(10-6-14)26(29)30/h3-12H,1-2H3,(H,25,28)(H2,21,22,23,24). The molecule has 0 unspecified atom stereocenters. The predicted octanol–water partition coefficient (Wildman–Crippen LogP) is 3.92. The molecule has 3 N–H and O–H groups in total. The number of amides is 1. The summed E-state index contributed by atoms with van der Waals surface area (Å²) in [5.74, 6) is -0.616. The summed E-state index contributed by atoms with van der Waals surface area (Å²) in [6.07, 6.45) is 1.11. The van der Waals surface area contributed by atoms with Crippen LogP contribution in [0.4, 0.5) is 28.7 Å². The van der Waals surface area contributed by atoms with Crippen LogP contribution in [-0.4, -0.2) is 25.7 Å². The zero-order chi connectivity index (χ0) is 23.3. The molecule has 0 aliphatic rings. The van der Waals surface area contributed by atoms with Crippen molar-refractivity contribution < 1.29 is 14.6 Å². The van der Waals surface area contributed by atoms with E-state index in [1.165, 1.54) is 24.3 Å². The van der Waals surface area contributed by atoms with Crippen molar-refractivity contribution in [3.05, 3.63) is 86.2 Å². The van der Waals surface area contributed by atoms with Crippen LogP contribution in [0.2, 0.25) is 0 Å². The number of nitro benzene ring substituents is 1. The molecule has 3 rings (SSSR count). The molecule has 0 aliphatic heterocycles. The predicted molar refractivity (Wildman–Crippen MR) is 117 cm³/mol. The van der Waals surface area contributed by atoms with Crippen molar-refractivity contribution in [3.8, 4) is 0 Å². The van der Waals surface area contributed by atoms with Crippen LogP contribution >= 0.6 is 0 Å². The first-order valence-corrected chi connectivity index (χ1v) is 9.43. The lowest BCUT2D eigenvalue weighted by molar-refractivity contribution is -0.384. The molecule has 0 saturated heterocycles. The number of aromatic nitrogens is 2. The lowest BCUT2D eigenvalue weighted by atomic mass is 10.0. The number of nitrogens with zero attached hydrogens (tertiary/aromatic N) is 4. The average molecular weight is 437 g/mol. The van der Waals surface area contributed by atoms with Crippen molar-refractivity contribution in [1.82, 2.24) is 15.4 Å². The molecule has 1 amide bonds. The number of rotatable bonds is 8. The second-order valence-electron chi connectivity index (χ2n) is 6.96. The van der Waals surface area contributed by atoms with Gasteiger partial charge in [-0.1, -0.05) is 26.0 Å². The van der Waals surface area contributed by atoms with Gasteiger partial charge in [-0.05, 0) is 35.7 Å². The van der Waals surface area contributed by atoms with E-state index < -0.39 is 21.4 Å². The van der Waals surface area contributed by atoms with E-state index in [9.17, 15) is 25.0 Å². The fraction of sp³-hybridized carbons (Fsp3) is 0.150. The van der Waals surface area contributed by atoms with Crippen molar-refractivity contribution in [3.63, 3.8) is 0 Å². The number of anilines is 3. The van der Waals surface area contributed by atoms with Gasteiger partial charge in [0, 0.05) is 23.4 Å². The SMILES string of the molecule is CC(C)c1ccc(Nc2ncnc(NNC(=O)c3ccc([N+](=O)[O-])cc3)c2[N+](=O)[O-])cc1. The van der Waals surface area contributed by atoms with Gasteiger partial charge in [-0.2, -0.15) is 0 Å². The van der Waals surface area contributed by atoms with Gasteiger partial charge >= 0.3 is 5.69 Å². The zero-order valence-electron chi connectivity index (χ0n) is 17.1. The molecular formula is C20H19N7O5. The first-order chi connectivity index (χ1) is 15.3. The third-order valence-corrected chi connectivity index (χ3v) is 4.48. The van der Waals surface area contributed by atoms with Gasteiger partial charge in [-0.25, -0.2) is 9.97 Å². The maximum atomic E-state index is 12.3. The Morgan fingerprint density at radius 3 is 2.09 bits per heavy atom. The van der Waals surface area contributed by atoms with Crippen LogP contribution in [0.5, 0.6) is 0 Å². The van der Waals surface area contributed by atoms with E-state index in [1.807, 2.05) is 12.1 Å². The van der Waals surface area contributed by atoms with Crippen LogP contribution < -0.4 is 16.2 Å². The Morgan fingerprint density at radius 1 is 0.906 bits per heavy atom. The van der Waals surface area contributed by atoms with Crippen LogP contribution in [0, 0.1) is 20.2 Å². The number of hydrogen-bond acceptors (Lipinski definition) is 9. The van der Waals surface area contributed by atoms with Gasteiger partial charge in [-0.3, -0.25) is 35.9 Å². The largest absolute Gasteiger partial charge is 0.355 e. The number of nitro groups is 2. The monoisotopic (exact) mass is 437 g/mol. The second kappa shape index (κ2) is 9.47. The number of carbonyl (C=O) groups is 1. The minimum Gasteiger partial charge on any atom is -0.334 e. The second-order valence-corrected chi connectivity index (χ2v) is 6.96. The summed E-state index contributed by atoms with van der Waals surface area (Å²) < 4.78 is 0. The van der Waals surface area contributed by atoms with Gasteiger partial charge in [0.15, 0.2) is 0 Å². The first-order valence-electron chi connectivity index (χ1n) is 9.43. The van der Waals surface area contributed by atoms with E-state index in [2.05, 4.69) is 40.0 Å². The van der Waals surface area contributed by atoms with E-state index in [-0.39, 0.29) is 22.9 Å². The van der Waals surface area contributed by atoms with Crippen LogP contribution in [0.15, 0.2) is 54.9 Å². The van der Waals surface area contributed by atoms with E-state index in [0.29, 0.717) is 11.6 Å². The summed E-state index contributed by atoms with van der Waals surface area (Å²) in [5.41, 5.74) is 5.89. The Balaban J connectivity index is 1.77. The summed E-state index contributed by atoms with van der Waals surface area (Å²) >= 11 is 0. The van der Waals surface area contributed by atoms with Crippen molar-refractivity contribution in [2.45, 2.75) is 19.8 Å². The van der Waals surface area contributed by atoms with Crippen LogP contribution in [0.3, 0.4) is 0 Å². The quantitative estimate of drug-likeness (QED) is 0.350. The Bertz CT molecular complexity index is 1150. The topological polar surface area (TPSA) is 165 Å². The molecule has 1 aromatic heterocycles. The Kier molecular flexibility index (Phi) is 6.53. The van der Waals surface area contributed by atoms with E-state index in [4.69, 9.17) is 0 Å². The van der Waals surface area contributed by atoms with Crippen molar-refractivity contribution in [2.75, 3.05) is 10.7 Å². The van der Waals surface area contributed by atoms with Crippen LogP contribution in [-0.2, 0) is 0 Å². The average Bonchev–Trinajstić information content (AvgIpc) is 2.77.